The first kappa shape index (κ1) is 13.1. The zero-order chi connectivity index (χ0) is 14.2. The molecule has 0 unspecified atom stereocenters. The standard InChI is InChI=1S/C17H18O3/c1-3-19-16-12(2)11-14-9-10-15(18)20-17(14,16)13-7-5-4-6-8-13/h4-10,14,16H,2-3,11H2,1H3/t14-,16+,17-/m0/s1. The van der Waals surface area contributed by atoms with Crippen LogP contribution in [0.15, 0.2) is 54.6 Å². The van der Waals surface area contributed by atoms with E-state index >= 15 is 0 Å². The van der Waals surface area contributed by atoms with Gasteiger partial charge in [0, 0.05) is 18.6 Å². The van der Waals surface area contributed by atoms with Crippen molar-refractivity contribution in [2.45, 2.75) is 25.0 Å². The molecule has 1 heterocycles. The van der Waals surface area contributed by atoms with E-state index in [1.54, 1.807) is 0 Å². The molecule has 1 fully saturated rings. The molecule has 0 saturated heterocycles. The van der Waals surface area contributed by atoms with Crippen LogP contribution in [0, 0.1) is 5.92 Å². The third-order valence-corrected chi connectivity index (χ3v) is 4.09. The summed E-state index contributed by atoms with van der Waals surface area (Å²) in [6.45, 7) is 6.63. The van der Waals surface area contributed by atoms with Gasteiger partial charge in [0.15, 0.2) is 5.60 Å². The number of ether oxygens (including phenoxy) is 2. The third kappa shape index (κ3) is 1.81. The average molecular weight is 270 g/mol. The van der Waals surface area contributed by atoms with Gasteiger partial charge in [-0.25, -0.2) is 4.79 Å². The predicted molar refractivity (Wildman–Crippen MR) is 76.0 cm³/mol. The summed E-state index contributed by atoms with van der Waals surface area (Å²) in [6.07, 6.45) is 3.94. The first-order valence-corrected chi connectivity index (χ1v) is 6.94. The number of benzene rings is 1. The monoisotopic (exact) mass is 270 g/mol. The zero-order valence-corrected chi connectivity index (χ0v) is 11.5. The van der Waals surface area contributed by atoms with Crippen molar-refractivity contribution >= 4 is 5.97 Å². The summed E-state index contributed by atoms with van der Waals surface area (Å²) in [5.74, 6) is -0.226. The smallest absolute Gasteiger partial charge is 0.331 e. The molecule has 3 nitrogen and oxygen atoms in total. The Kier molecular flexibility index (Phi) is 3.22. The molecular weight excluding hydrogens is 252 g/mol. The number of carbonyl (C=O) groups is 1. The highest BCUT2D eigenvalue weighted by Gasteiger charge is 2.57. The molecule has 20 heavy (non-hydrogen) atoms. The van der Waals surface area contributed by atoms with Crippen LogP contribution in [-0.2, 0) is 19.9 Å². The van der Waals surface area contributed by atoms with E-state index in [4.69, 9.17) is 9.47 Å². The Labute approximate surface area is 118 Å². The van der Waals surface area contributed by atoms with E-state index in [1.165, 1.54) is 6.08 Å². The molecule has 1 aromatic carbocycles. The van der Waals surface area contributed by atoms with Crippen molar-refractivity contribution < 1.29 is 14.3 Å². The van der Waals surface area contributed by atoms with Gasteiger partial charge in [0.25, 0.3) is 0 Å². The van der Waals surface area contributed by atoms with Crippen LogP contribution in [0.4, 0.5) is 0 Å². The lowest BCUT2D eigenvalue weighted by molar-refractivity contribution is -0.176. The highest BCUT2D eigenvalue weighted by Crippen LogP contribution is 2.52. The third-order valence-electron chi connectivity index (χ3n) is 4.09. The lowest BCUT2D eigenvalue weighted by atomic mass is 9.80. The van der Waals surface area contributed by atoms with Crippen molar-refractivity contribution in [3.05, 3.63) is 60.2 Å². The Bertz CT molecular complexity index is 561. The summed E-state index contributed by atoms with van der Waals surface area (Å²) in [4.78, 5) is 11.8. The minimum atomic E-state index is -0.764. The van der Waals surface area contributed by atoms with Crippen LogP contribution in [0.3, 0.4) is 0 Å². The fourth-order valence-corrected chi connectivity index (χ4v) is 3.31. The summed E-state index contributed by atoms with van der Waals surface area (Å²) >= 11 is 0. The largest absolute Gasteiger partial charge is 0.447 e. The SMILES string of the molecule is C=C1C[C@@H]2C=CC(=O)O[C@]2(c2ccccc2)[C@@H]1OCC. The Balaban J connectivity index is 2.15. The first-order chi connectivity index (χ1) is 9.68. The van der Waals surface area contributed by atoms with Crippen molar-refractivity contribution in [2.24, 2.45) is 5.92 Å². The van der Waals surface area contributed by atoms with Crippen LogP contribution in [0.25, 0.3) is 0 Å². The Hall–Kier alpha value is -1.87. The van der Waals surface area contributed by atoms with Crippen molar-refractivity contribution in [3.63, 3.8) is 0 Å². The number of fused-ring (bicyclic) bond motifs is 1. The van der Waals surface area contributed by atoms with Gasteiger partial charge in [-0.05, 0) is 24.5 Å². The fourth-order valence-electron chi connectivity index (χ4n) is 3.31. The molecule has 0 amide bonds. The Morgan fingerprint density at radius 3 is 2.85 bits per heavy atom. The summed E-state index contributed by atoms with van der Waals surface area (Å²) in [6, 6.07) is 9.85. The van der Waals surface area contributed by atoms with Crippen molar-refractivity contribution in [1.82, 2.24) is 0 Å². The molecule has 0 spiro atoms. The molecule has 3 rings (SSSR count). The molecular formula is C17H18O3. The van der Waals surface area contributed by atoms with E-state index in [-0.39, 0.29) is 18.0 Å². The molecule has 1 aliphatic heterocycles. The number of hydrogen-bond donors (Lipinski definition) is 0. The van der Waals surface area contributed by atoms with E-state index in [2.05, 4.69) is 6.58 Å². The summed E-state index contributed by atoms with van der Waals surface area (Å²) < 4.78 is 11.7. The van der Waals surface area contributed by atoms with Crippen LogP contribution >= 0.6 is 0 Å². The van der Waals surface area contributed by atoms with Crippen LogP contribution in [0.2, 0.25) is 0 Å². The fraction of sp³-hybridized carbons (Fsp3) is 0.353. The molecule has 3 atom stereocenters. The van der Waals surface area contributed by atoms with E-state index in [1.807, 2.05) is 43.3 Å². The Morgan fingerprint density at radius 2 is 2.15 bits per heavy atom. The normalized spacial score (nSPS) is 32.0. The quantitative estimate of drug-likeness (QED) is 0.625. The van der Waals surface area contributed by atoms with Crippen molar-refractivity contribution in [3.8, 4) is 0 Å². The second-order valence-corrected chi connectivity index (χ2v) is 5.24. The summed E-state index contributed by atoms with van der Waals surface area (Å²) in [5, 5.41) is 0. The molecule has 0 aromatic heterocycles. The molecule has 3 heteroatoms. The lowest BCUT2D eigenvalue weighted by Gasteiger charge is -2.40. The van der Waals surface area contributed by atoms with Gasteiger partial charge in [-0.1, -0.05) is 43.0 Å². The van der Waals surface area contributed by atoms with Crippen molar-refractivity contribution in [1.29, 1.82) is 0 Å². The Morgan fingerprint density at radius 1 is 1.40 bits per heavy atom. The van der Waals surface area contributed by atoms with Gasteiger partial charge >= 0.3 is 5.97 Å². The van der Waals surface area contributed by atoms with Gasteiger partial charge in [0.05, 0.1) is 0 Å². The minimum Gasteiger partial charge on any atom is -0.447 e. The molecule has 1 aliphatic carbocycles. The van der Waals surface area contributed by atoms with E-state index in [0.29, 0.717) is 6.61 Å². The van der Waals surface area contributed by atoms with Crippen molar-refractivity contribution in [2.75, 3.05) is 6.61 Å². The second kappa shape index (κ2) is 4.91. The molecule has 1 aromatic rings. The van der Waals surface area contributed by atoms with E-state index < -0.39 is 5.60 Å². The van der Waals surface area contributed by atoms with Gasteiger partial charge in [0.2, 0.25) is 0 Å². The first-order valence-electron chi connectivity index (χ1n) is 6.94. The van der Waals surface area contributed by atoms with Crippen LogP contribution in [-0.4, -0.2) is 18.7 Å². The van der Waals surface area contributed by atoms with Gasteiger partial charge < -0.3 is 9.47 Å². The zero-order valence-electron chi connectivity index (χ0n) is 11.5. The molecule has 0 N–H and O–H groups in total. The van der Waals surface area contributed by atoms with Crippen LogP contribution < -0.4 is 0 Å². The maximum absolute atomic E-state index is 11.8. The number of esters is 1. The lowest BCUT2D eigenvalue weighted by Crippen LogP contribution is -2.47. The number of carbonyl (C=O) groups excluding carboxylic acids is 1. The van der Waals surface area contributed by atoms with Crippen LogP contribution in [0.1, 0.15) is 18.9 Å². The molecule has 1 saturated carbocycles. The van der Waals surface area contributed by atoms with E-state index in [9.17, 15) is 4.79 Å². The average Bonchev–Trinajstić information content (AvgIpc) is 2.74. The maximum Gasteiger partial charge on any atom is 0.331 e. The summed E-state index contributed by atoms with van der Waals surface area (Å²) in [5.41, 5.74) is 1.19. The van der Waals surface area contributed by atoms with Gasteiger partial charge in [-0.15, -0.1) is 0 Å². The molecule has 104 valence electrons. The highest BCUT2D eigenvalue weighted by atomic mass is 16.6. The molecule has 0 radical (unpaired) electrons. The second-order valence-electron chi connectivity index (χ2n) is 5.24. The maximum atomic E-state index is 11.8. The topological polar surface area (TPSA) is 35.5 Å². The molecule has 2 aliphatic rings. The minimum absolute atomic E-state index is 0.0895. The highest BCUT2D eigenvalue weighted by molar-refractivity contribution is 5.84. The van der Waals surface area contributed by atoms with Gasteiger partial charge in [-0.2, -0.15) is 0 Å². The molecule has 0 bridgehead atoms. The van der Waals surface area contributed by atoms with Crippen LogP contribution in [0.5, 0.6) is 0 Å². The number of hydrogen-bond acceptors (Lipinski definition) is 3. The number of rotatable bonds is 3. The van der Waals surface area contributed by atoms with Gasteiger partial charge in [-0.3, -0.25) is 0 Å². The predicted octanol–water partition coefficient (Wildman–Crippen LogP) is 2.98. The van der Waals surface area contributed by atoms with Gasteiger partial charge in [0.1, 0.15) is 6.10 Å². The van der Waals surface area contributed by atoms with E-state index in [0.717, 1.165) is 17.6 Å². The summed E-state index contributed by atoms with van der Waals surface area (Å²) in [7, 11) is 0.